The first kappa shape index (κ1) is 14.0. The number of hydrogen-bond acceptors (Lipinski definition) is 2. The van der Waals surface area contributed by atoms with Crippen LogP contribution in [0.3, 0.4) is 0 Å². The standard InChI is InChI=1S/C20H14O2/c21-13-19-17(15-7-3-1-4-8-15)11-12-18(20(19)14-22)16-9-5-2-6-10-16/h1-14H. The van der Waals surface area contributed by atoms with E-state index in [1.165, 1.54) is 0 Å². The Kier molecular flexibility index (Phi) is 3.92. The number of aldehydes is 2. The van der Waals surface area contributed by atoms with Crippen molar-refractivity contribution in [3.8, 4) is 22.3 Å². The molecule has 3 rings (SSSR count). The smallest absolute Gasteiger partial charge is 0.151 e. The molecule has 0 radical (unpaired) electrons. The molecule has 0 fully saturated rings. The average Bonchev–Trinajstić information content (AvgIpc) is 2.61. The van der Waals surface area contributed by atoms with Crippen LogP contribution in [0, 0.1) is 0 Å². The molecule has 0 aromatic heterocycles. The molecule has 0 saturated heterocycles. The molecule has 0 amide bonds. The maximum atomic E-state index is 11.6. The number of carbonyl (C=O) groups excluding carboxylic acids is 2. The van der Waals surface area contributed by atoms with E-state index in [1.807, 2.05) is 72.8 Å². The van der Waals surface area contributed by atoms with Crippen LogP contribution in [-0.2, 0) is 0 Å². The summed E-state index contributed by atoms with van der Waals surface area (Å²) in [5, 5.41) is 0. The second-order valence-corrected chi connectivity index (χ2v) is 4.96. The van der Waals surface area contributed by atoms with Gasteiger partial charge in [-0.2, -0.15) is 0 Å². The van der Waals surface area contributed by atoms with Crippen LogP contribution in [0.25, 0.3) is 22.3 Å². The van der Waals surface area contributed by atoms with Crippen molar-refractivity contribution in [2.75, 3.05) is 0 Å². The molecule has 3 aromatic rings. The third-order valence-corrected chi connectivity index (χ3v) is 3.69. The van der Waals surface area contributed by atoms with Gasteiger partial charge in [-0.15, -0.1) is 0 Å². The Balaban J connectivity index is 2.25. The molecule has 2 nitrogen and oxygen atoms in total. The van der Waals surface area contributed by atoms with Crippen LogP contribution in [0.5, 0.6) is 0 Å². The predicted octanol–water partition coefficient (Wildman–Crippen LogP) is 4.65. The normalized spacial score (nSPS) is 10.2. The SMILES string of the molecule is O=Cc1c(-c2ccccc2)ccc(-c2ccccc2)c1C=O. The van der Waals surface area contributed by atoms with Gasteiger partial charge >= 0.3 is 0 Å². The van der Waals surface area contributed by atoms with Gasteiger partial charge < -0.3 is 0 Å². The molecule has 0 aliphatic heterocycles. The summed E-state index contributed by atoms with van der Waals surface area (Å²) >= 11 is 0. The topological polar surface area (TPSA) is 34.1 Å². The van der Waals surface area contributed by atoms with Crippen LogP contribution in [0.15, 0.2) is 72.8 Å². The number of hydrogen-bond donors (Lipinski definition) is 0. The summed E-state index contributed by atoms with van der Waals surface area (Å²) in [4.78, 5) is 23.2. The Morgan fingerprint density at radius 2 is 0.864 bits per heavy atom. The van der Waals surface area contributed by atoms with Gasteiger partial charge in [0.05, 0.1) is 0 Å². The van der Waals surface area contributed by atoms with Gasteiger partial charge in [-0.1, -0.05) is 72.8 Å². The molecular weight excluding hydrogens is 272 g/mol. The first-order valence-corrected chi connectivity index (χ1v) is 7.03. The van der Waals surface area contributed by atoms with Crippen LogP contribution < -0.4 is 0 Å². The highest BCUT2D eigenvalue weighted by Crippen LogP contribution is 2.31. The fraction of sp³-hybridized carbons (Fsp3) is 0. The van der Waals surface area contributed by atoms with Crippen LogP contribution in [0.4, 0.5) is 0 Å². The van der Waals surface area contributed by atoms with Gasteiger partial charge in [-0.3, -0.25) is 9.59 Å². The van der Waals surface area contributed by atoms with Crippen molar-refractivity contribution in [3.05, 3.63) is 83.9 Å². The fourth-order valence-corrected chi connectivity index (χ4v) is 2.63. The molecule has 0 aliphatic rings. The van der Waals surface area contributed by atoms with Crippen LogP contribution in [0.2, 0.25) is 0 Å². The quantitative estimate of drug-likeness (QED) is 0.654. The lowest BCUT2D eigenvalue weighted by Gasteiger charge is -2.12. The van der Waals surface area contributed by atoms with Crippen molar-refractivity contribution in [2.24, 2.45) is 0 Å². The number of benzene rings is 3. The van der Waals surface area contributed by atoms with Crippen molar-refractivity contribution in [1.82, 2.24) is 0 Å². The predicted molar refractivity (Wildman–Crippen MR) is 88.1 cm³/mol. The average molecular weight is 286 g/mol. The van der Waals surface area contributed by atoms with Crippen molar-refractivity contribution in [3.63, 3.8) is 0 Å². The molecule has 0 aliphatic carbocycles. The molecule has 22 heavy (non-hydrogen) atoms. The lowest BCUT2D eigenvalue weighted by Crippen LogP contribution is -1.98. The maximum absolute atomic E-state index is 11.6. The minimum atomic E-state index is 0.433. The zero-order valence-corrected chi connectivity index (χ0v) is 11.9. The monoisotopic (exact) mass is 286 g/mol. The van der Waals surface area contributed by atoms with E-state index in [4.69, 9.17) is 0 Å². The van der Waals surface area contributed by atoms with Gasteiger partial charge in [0.25, 0.3) is 0 Å². The fourth-order valence-electron chi connectivity index (χ4n) is 2.63. The highest BCUT2D eigenvalue weighted by Gasteiger charge is 2.14. The van der Waals surface area contributed by atoms with Gasteiger partial charge in [0.2, 0.25) is 0 Å². The minimum Gasteiger partial charge on any atom is -0.298 e. The maximum Gasteiger partial charge on any atom is 0.151 e. The van der Waals surface area contributed by atoms with Crippen molar-refractivity contribution >= 4 is 12.6 Å². The van der Waals surface area contributed by atoms with E-state index >= 15 is 0 Å². The van der Waals surface area contributed by atoms with Gasteiger partial charge in [-0.25, -0.2) is 0 Å². The molecule has 0 atom stereocenters. The van der Waals surface area contributed by atoms with E-state index in [1.54, 1.807) is 0 Å². The summed E-state index contributed by atoms with van der Waals surface area (Å²) in [5.41, 5.74) is 4.26. The van der Waals surface area contributed by atoms with Crippen molar-refractivity contribution in [2.45, 2.75) is 0 Å². The summed E-state index contributed by atoms with van der Waals surface area (Å²) in [6.07, 6.45) is 1.52. The van der Waals surface area contributed by atoms with E-state index < -0.39 is 0 Å². The van der Waals surface area contributed by atoms with E-state index in [2.05, 4.69) is 0 Å². The molecular formula is C20H14O2. The Morgan fingerprint density at radius 3 is 1.18 bits per heavy atom. The van der Waals surface area contributed by atoms with Crippen LogP contribution >= 0.6 is 0 Å². The third-order valence-electron chi connectivity index (χ3n) is 3.69. The summed E-state index contributed by atoms with van der Waals surface area (Å²) in [5.74, 6) is 0. The molecule has 0 heterocycles. The zero-order chi connectivity index (χ0) is 15.4. The molecule has 0 N–H and O–H groups in total. The summed E-state index contributed by atoms with van der Waals surface area (Å²) < 4.78 is 0. The van der Waals surface area contributed by atoms with Gasteiger partial charge in [-0.05, 0) is 22.3 Å². The van der Waals surface area contributed by atoms with Gasteiger partial charge in [0.15, 0.2) is 12.6 Å². The molecule has 3 aromatic carbocycles. The lowest BCUT2D eigenvalue weighted by atomic mass is 9.90. The zero-order valence-electron chi connectivity index (χ0n) is 11.9. The first-order chi connectivity index (χ1) is 10.8. The van der Waals surface area contributed by atoms with E-state index in [0.717, 1.165) is 34.8 Å². The second kappa shape index (κ2) is 6.19. The molecule has 0 spiro atoms. The largest absolute Gasteiger partial charge is 0.298 e. The van der Waals surface area contributed by atoms with Gasteiger partial charge in [0, 0.05) is 11.1 Å². The Morgan fingerprint density at radius 1 is 0.500 bits per heavy atom. The third kappa shape index (κ3) is 2.47. The molecule has 0 bridgehead atoms. The Hall–Kier alpha value is -3.00. The van der Waals surface area contributed by atoms with Crippen LogP contribution in [-0.4, -0.2) is 12.6 Å². The molecule has 0 unspecified atom stereocenters. The summed E-state index contributed by atoms with van der Waals surface area (Å²) in [7, 11) is 0. The summed E-state index contributed by atoms with van der Waals surface area (Å²) in [6.45, 7) is 0. The van der Waals surface area contributed by atoms with E-state index in [0.29, 0.717) is 11.1 Å². The van der Waals surface area contributed by atoms with Crippen molar-refractivity contribution < 1.29 is 9.59 Å². The Labute approximate surface area is 129 Å². The van der Waals surface area contributed by atoms with Crippen LogP contribution in [0.1, 0.15) is 20.7 Å². The number of rotatable bonds is 4. The van der Waals surface area contributed by atoms with E-state index in [9.17, 15) is 9.59 Å². The molecule has 2 heteroatoms. The summed E-state index contributed by atoms with van der Waals surface area (Å²) in [6, 6.07) is 23.0. The Bertz CT molecular complexity index is 735. The minimum absolute atomic E-state index is 0.433. The second-order valence-electron chi connectivity index (χ2n) is 4.96. The van der Waals surface area contributed by atoms with Gasteiger partial charge in [0.1, 0.15) is 0 Å². The number of carbonyl (C=O) groups is 2. The molecule has 106 valence electrons. The first-order valence-electron chi connectivity index (χ1n) is 7.03. The lowest BCUT2D eigenvalue weighted by molar-refractivity contribution is 0.109. The van der Waals surface area contributed by atoms with Crippen molar-refractivity contribution in [1.29, 1.82) is 0 Å². The molecule has 0 saturated carbocycles. The van der Waals surface area contributed by atoms with E-state index in [-0.39, 0.29) is 0 Å². The highest BCUT2D eigenvalue weighted by atomic mass is 16.1. The highest BCUT2D eigenvalue weighted by molar-refractivity contribution is 6.02.